The first-order chi connectivity index (χ1) is 17.5. The molecule has 0 spiro atoms. The first-order valence-electron chi connectivity index (χ1n) is 12.4. The molecule has 10 heteroatoms. The van der Waals surface area contributed by atoms with Crippen LogP contribution >= 0.6 is 0 Å². The summed E-state index contributed by atoms with van der Waals surface area (Å²) in [6.07, 6.45) is 2.93. The number of aromatic nitrogens is 1. The van der Waals surface area contributed by atoms with E-state index in [0.29, 0.717) is 18.7 Å². The number of Topliss-reactive ketones (excluding diaryl/α,β-unsaturated/α-hetero) is 1. The molecule has 37 heavy (non-hydrogen) atoms. The molecular formula is C27H34N4O6. The number of hydrogen-bond donors (Lipinski definition) is 1. The zero-order valence-electron chi connectivity index (χ0n) is 22.0. The maximum absolute atomic E-state index is 13.7. The molecule has 3 rings (SSSR count). The van der Waals surface area contributed by atoms with Crippen molar-refractivity contribution >= 4 is 35.8 Å². The molecule has 1 aromatic heterocycles. The molecule has 1 aliphatic heterocycles. The van der Waals surface area contributed by atoms with E-state index in [2.05, 4.69) is 10.4 Å². The molecule has 2 heterocycles. The summed E-state index contributed by atoms with van der Waals surface area (Å²) in [6, 6.07) is 8.52. The van der Waals surface area contributed by atoms with Crippen LogP contribution in [0.3, 0.4) is 0 Å². The van der Waals surface area contributed by atoms with Crippen LogP contribution in [0.25, 0.3) is 0 Å². The van der Waals surface area contributed by atoms with Gasteiger partial charge in [-0.3, -0.25) is 9.59 Å². The number of nitrogens with zero attached hydrogens (tertiary/aromatic N) is 3. The quantitative estimate of drug-likeness (QED) is 0.329. The highest BCUT2D eigenvalue weighted by atomic mass is 16.6. The van der Waals surface area contributed by atoms with E-state index in [0.717, 1.165) is 25.5 Å². The Morgan fingerprint density at radius 1 is 1.03 bits per heavy atom. The third-order valence-electron chi connectivity index (χ3n) is 5.68. The fourth-order valence-corrected chi connectivity index (χ4v) is 4.03. The van der Waals surface area contributed by atoms with Crippen LogP contribution in [-0.4, -0.2) is 64.8 Å². The maximum atomic E-state index is 13.7. The van der Waals surface area contributed by atoms with Crippen LogP contribution in [-0.2, 0) is 9.47 Å². The van der Waals surface area contributed by atoms with Gasteiger partial charge in [0.25, 0.3) is 5.91 Å². The molecule has 2 aromatic rings. The molecule has 1 aliphatic rings. The highest BCUT2D eigenvalue weighted by Gasteiger charge is 2.34. The molecule has 0 bridgehead atoms. The lowest BCUT2D eigenvalue weighted by molar-refractivity contribution is 0.0515. The summed E-state index contributed by atoms with van der Waals surface area (Å²) in [5.41, 5.74) is 2.34. The van der Waals surface area contributed by atoms with E-state index in [9.17, 15) is 19.2 Å². The van der Waals surface area contributed by atoms with Gasteiger partial charge in [0, 0.05) is 18.7 Å². The first-order valence-corrected chi connectivity index (χ1v) is 12.4. The average molecular weight is 511 g/mol. The number of likely N-dealkylation sites (tertiary alicyclic amines) is 1. The number of hydrogen-bond acceptors (Lipinski definition) is 7. The zero-order valence-corrected chi connectivity index (χ0v) is 22.0. The van der Waals surface area contributed by atoms with Crippen LogP contribution in [0, 0.1) is 6.92 Å². The molecule has 1 saturated heterocycles. The number of carbonyl (C=O) groups excluding carboxylic acids is 4. The third-order valence-corrected chi connectivity index (χ3v) is 5.68. The van der Waals surface area contributed by atoms with Crippen LogP contribution in [0.5, 0.6) is 0 Å². The van der Waals surface area contributed by atoms with Gasteiger partial charge >= 0.3 is 12.1 Å². The van der Waals surface area contributed by atoms with E-state index < -0.39 is 29.4 Å². The maximum Gasteiger partial charge on any atom is 0.427 e. The van der Waals surface area contributed by atoms with E-state index >= 15 is 0 Å². The molecule has 0 aliphatic carbocycles. The van der Waals surface area contributed by atoms with E-state index in [1.54, 1.807) is 69.9 Å². The molecule has 0 radical (unpaired) electrons. The van der Waals surface area contributed by atoms with Gasteiger partial charge in [-0.1, -0.05) is 30.3 Å². The van der Waals surface area contributed by atoms with Crippen molar-refractivity contribution in [1.29, 1.82) is 0 Å². The lowest BCUT2D eigenvalue weighted by atomic mass is 10.1. The molecule has 1 N–H and O–H groups in total. The van der Waals surface area contributed by atoms with Crippen LogP contribution in [0.15, 0.2) is 35.3 Å². The van der Waals surface area contributed by atoms with Crippen molar-refractivity contribution in [2.75, 3.05) is 25.1 Å². The molecule has 0 saturated carbocycles. The summed E-state index contributed by atoms with van der Waals surface area (Å²) in [4.78, 5) is 58.3. The summed E-state index contributed by atoms with van der Waals surface area (Å²) >= 11 is 0. The Morgan fingerprint density at radius 3 is 2.27 bits per heavy atom. The fourth-order valence-electron chi connectivity index (χ4n) is 4.03. The molecular weight excluding hydrogens is 476 g/mol. The Morgan fingerprint density at radius 2 is 1.68 bits per heavy atom. The lowest BCUT2D eigenvalue weighted by Crippen LogP contribution is -2.36. The Kier molecular flexibility index (Phi) is 8.86. The van der Waals surface area contributed by atoms with E-state index in [-0.39, 0.29) is 29.2 Å². The van der Waals surface area contributed by atoms with Gasteiger partial charge in [0.15, 0.2) is 5.82 Å². The first kappa shape index (κ1) is 27.6. The molecule has 2 amide bonds. The second-order valence-corrected chi connectivity index (χ2v) is 9.67. The van der Waals surface area contributed by atoms with Crippen LogP contribution in [0.2, 0.25) is 0 Å². The topological polar surface area (TPSA) is 119 Å². The number of esters is 1. The normalized spacial score (nSPS) is 13.9. The Labute approximate surface area is 216 Å². The van der Waals surface area contributed by atoms with Crippen molar-refractivity contribution in [3.63, 3.8) is 0 Å². The number of benzene rings is 1. The number of ether oxygens (including phenoxy) is 2. The second-order valence-electron chi connectivity index (χ2n) is 9.67. The van der Waals surface area contributed by atoms with Gasteiger partial charge in [0.2, 0.25) is 5.78 Å². The highest BCUT2D eigenvalue weighted by molar-refractivity contribution is 6.35. The van der Waals surface area contributed by atoms with Crippen molar-refractivity contribution in [3.05, 3.63) is 52.7 Å². The zero-order chi connectivity index (χ0) is 27.2. The van der Waals surface area contributed by atoms with E-state index in [4.69, 9.17) is 9.47 Å². The number of carbonyl (C=O) groups is 4. The number of rotatable bonds is 7. The van der Waals surface area contributed by atoms with Gasteiger partial charge in [0.05, 0.1) is 24.1 Å². The predicted molar refractivity (Wildman–Crippen MR) is 139 cm³/mol. The Bertz CT molecular complexity index is 1190. The smallest absolute Gasteiger partial charge is 0.427 e. The second kappa shape index (κ2) is 11.9. The number of nitrogens with one attached hydrogen (secondary N) is 1. The van der Waals surface area contributed by atoms with Gasteiger partial charge in [-0.25, -0.2) is 24.7 Å². The summed E-state index contributed by atoms with van der Waals surface area (Å²) in [6.45, 7) is 9.49. The average Bonchev–Trinajstić information content (AvgIpc) is 3.13. The third kappa shape index (κ3) is 6.84. The summed E-state index contributed by atoms with van der Waals surface area (Å²) in [5, 5.41) is 0. The van der Waals surface area contributed by atoms with Crippen LogP contribution in [0.4, 0.5) is 10.6 Å². The summed E-state index contributed by atoms with van der Waals surface area (Å²) < 4.78 is 11.8. The van der Waals surface area contributed by atoms with Crippen molar-refractivity contribution in [3.8, 4) is 0 Å². The molecule has 10 nitrogen and oxygen atoms in total. The van der Waals surface area contributed by atoms with Gasteiger partial charge in [-0.05, 0) is 53.9 Å². The standard InChI is InChI=1S/C27H34N4O6/c1-6-36-25(34)21-18(2)31(29-26(35)37-27(3,4)5)23(22(21)24(33)30-15-11-8-12-16-30)28-17-20(32)19-13-9-7-10-14-19/h7,9-10,13-14,17H,6,8,11-12,15-16H2,1-5H3,(H,29,35)/b28-17+. The van der Waals surface area contributed by atoms with Crippen molar-refractivity contribution < 1.29 is 28.7 Å². The number of ketones is 1. The monoisotopic (exact) mass is 510 g/mol. The number of amides is 2. The Hall–Kier alpha value is -3.95. The van der Waals surface area contributed by atoms with Crippen molar-refractivity contribution in [1.82, 2.24) is 9.58 Å². The van der Waals surface area contributed by atoms with Crippen molar-refractivity contribution in [2.24, 2.45) is 4.99 Å². The lowest BCUT2D eigenvalue weighted by Gasteiger charge is -2.27. The minimum atomic E-state index is -0.816. The summed E-state index contributed by atoms with van der Waals surface area (Å²) in [5.74, 6) is -1.62. The predicted octanol–water partition coefficient (Wildman–Crippen LogP) is 4.66. The van der Waals surface area contributed by atoms with Crippen LogP contribution < -0.4 is 5.43 Å². The van der Waals surface area contributed by atoms with Crippen molar-refractivity contribution in [2.45, 2.75) is 59.5 Å². The van der Waals surface area contributed by atoms with Gasteiger partial charge in [0.1, 0.15) is 11.2 Å². The molecule has 1 aromatic carbocycles. The SMILES string of the molecule is CCOC(=O)c1c(C(=O)N2CCCCC2)c(/N=C/C(=O)c2ccccc2)n(NC(=O)OC(C)(C)C)c1C. The molecule has 198 valence electrons. The minimum Gasteiger partial charge on any atom is -0.462 e. The Balaban J connectivity index is 2.17. The van der Waals surface area contributed by atoms with Gasteiger partial charge in [-0.2, -0.15) is 0 Å². The van der Waals surface area contributed by atoms with Gasteiger partial charge < -0.3 is 14.4 Å². The van der Waals surface area contributed by atoms with E-state index in [1.165, 1.54) is 4.68 Å². The highest BCUT2D eigenvalue weighted by Crippen LogP contribution is 2.32. The number of piperidine rings is 1. The summed E-state index contributed by atoms with van der Waals surface area (Å²) in [7, 11) is 0. The molecule has 0 unspecified atom stereocenters. The van der Waals surface area contributed by atoms with Crippen LogP contribution in [0.1, 0.15) is 83.7 Å². The fraction of sp³-hybridized carbons (Fsp3) is 0.444. The van der Waals surface area contributed by atoms with Gasteiger partial charge in [-0.15, -0.1) is 0 Å². The minimum absolute atomic E-state index is 0.0206. The number of aliphatic imine (C=N–C) groups is 1. The molecule has 1 fully saturated rings. The largest absolute Gasteiger partial charge is 0.462 e. The molecule has 0 atom stereocenters. The van der Waals surface area contributed by atoms with E-state index in [1.807, 2.05) is 0 Å².